The smallest absolute Gasteiger partial charge is 0.338 e. The Morgan fingerprint density at radius 2 is 1.18 bits per heavy atom. The standard InChI is InChI=1S/C15H22O3.C10H14O.C4H10.C3H8.C2H6/c1-3-5-6-12(4-2)11-18-15(17)13-7-9-14(16)10-8-13;1-10(2,3)8-4-6-9(11)7-5-8;1-3-4-2;1-3-2;1-2/h7-10,12,16H,3-6,11H2,1-2H3;4-7,11H,1-3H3;3-4H2,1-2H3;3H2,1-2H3;1-2H3. The maximum atomic E-state index is 11.7. The van der Waals surface area contributed by atoms with Gasteiger partial charge in [0.2, 0.25) is 0 Å². The van der Waals surface area contributed by atoms with E-state index in [1.165, 1.54) is 49.8 Å². The molecule has 2 N–H and O–H groups in total. The van der Waals surface area contributed by atoms with Crippen molar-refractivity contribution < 1.29 is 19.7 Å². The molecule has 0 aromatic heterocycles. The molecular weight excluding hydrogens is 472 g/mol. The van der Waals surface area contributed by atoms with Crippen molar-refractivity contribution >= 4 is 5.97 Å². The minimum atomic E-state index is -0.315. The Hall–Kier alpha value is -2.49. The number of carbonyl (C=O) groups excluding carboxylic acids is 1. The molecule has 0 fully saturated rings. The largest absolute Gasteiger partial charge is 0.508 e. The Labute approximate surface area is 235 Å². The van der Waals surface area contributed by atoms with E-state index in [2.05, 4.69) is 62.3 Å². The van der Waals surface area contributed by atoms with Crippen LogP contribution >= 0.6 is 0 Å². The Morgan fingerprint density at radius 1 is 0.763 bits per heavy atom. The lowest BCUT2D eigenvalue weighted by Crippen LogP contribution is -2.13. The van der Waals surface area contributed by atoms with E-state index in [9.17, 15) is 4.79 Å². The van der Waals surface area contributed by atoms with Crippen LogP contribution in [0.5, 0.6) is 11.5 Å². The monoisotopic (exact) mass is 532 g/mol. The van der Waals surface area contributed by atoms with Gasteiger partial charge in [0, 0.05) is 0 Å². The zero-order chi connectivity index (χ0) is 30.0. The third kappa shape index (κ3) is 22.7. The average molecular weight is 533 g/mol. The second-order valence-corrected chi connectivity index (χ2v) is 10.1. The Morgan fingerprint density at radius 3 is 1.53 bits per heavy atom. The van der Waals surface area contributed by atoms with Crippen molar-refractivity contribution in [3.05, 3.63) is 59.7 Å². The number of carbonyl (C=O) groups is 1. The van der Waals surface area contributed by atoms with E-state index in [1.54, 1.807) is 24.3 Å². The van der Waals surface area contributed by atoms with Crippen LogP contribution in [0.4, 0.5) is 0 Å². The molecule has 0 aliphatic carbocycles. The van der Waals surface area contributed by atoms with Crippen LogP contribution in [0, 0.1) is 5.92 Å². The Kier molecular flexibility index (Phi) is 27.5. The zero-order valence-corrected chi connectivity index (χ0v) is 26.6. The predicted molar refractivity (Wildman–Crippen MR) is 166 cm³/mol. The fourth-order valence-electron chi connectivity index (χ4n) is 2.73. The van der Waals surface area contributed by atoms with Crippen LogP contribution in [-0.2, 0) is 10.2 Å². The van der Waals surface area contributed by atoms with Gasteiger partial charge in [-0.15, -0.1) is 0 Å². The van der Waals surface area contributed by atoms with Crippen LogP contribution in [0.3, 0.4) is 0 Å². The highest BCUT2D eigenvalue weighted by Gasteiger charge is 2.13. The fraction of sp³-hybridized carbons (Fsp3) is 0.618. The van der Waals surface area contributed by atoms with Gasteiger partial charge in [-0.1, -0.05) is 127 Å². The van der Waals surface area contributed by atoms with Crippen LogP contribution in [0.1, 0.15) is 137 Å². The van der Waals surface area contributed by atoms with Gasteiger partial charge in [0.15, 0.2) is 0 Å². The lowest BCUT2D eigenvalue weighted by molar-refractivity contribution is 0.0428. The van der Waals surface area contributed by atoms with E-state index in [-0.39, 0.29) is 17.1 Å². The van der Waals surface area contributed by atoms with Crippen molar-refractivity contribution in [1.82, 2.24) is 0 Å². The van der Waals surface area contributed by atoms with Crippen LogP contribution in [0.2, 0.25) is 0 Å². The van der Waals surface area contributed by atoms with Crippen molar-refractivity contribution in [1.29, 1.82) is 0 Å². The summed E-state index contributed by atoms with van der Waals surface area (Å²) in [6, 6.07) is 13.5. The number of phenolic OH excluding ortho intramolecular Hbond substituents is 2. The summed E-state index contributed by atoms with van der Waals surface area (Å²) in [6.07, 6.45) is 8.37. The number of unbranched alkanes of at least 4 members (excludes halogenated alkanes) is 2. The predicted octanol–water partition coefficient (Wildman–Crippen LogP) is 10.7. The fourth-order valence-corrected chi connectivity index (χ4v) is 2.73. The van der Waals surface area contributed by atoms with Crippen LogP contribution in [0.15, 0.2) is 48.5 Å². The van der Waals surface area contributed by atoms with Gasteiger partial charge in [-0.2, -0.15) is 0 Å². The molecule has 0 amide bonds. The number of rotatable bonds is 8. The van der Waals surface area contributed by atoms with E-state index in [1.807, 2.05) is 26.0 Å². The first-order chi connectivity index (χ1) is 18.0. The third-order valence-corrected chi connectivity index (χ3v) is 5.33. The first kappa shape index (κ1) is 40.0. The van der Waals surface area contributed by atoms with E-state index in [0.29, 0.717) is 23.8 Å². The quantitative estimate of drug-likeness (QED) is 0.332. The molecule has 4 nitrogen and oxygen atoms in total. The topological polar surface area (TPSA) is 66.8 Å². The molecule has 2 rings (SSSR count). The molecule has 0 aliphatic rings. The zero-order valence-electron chi connectivity index (χ0n) is 26.6. The lowest BCUT2D eigenvalue weighted by atomic mass is 9.87. The Bertz CT molecular complexity index is 757. The molecule has 38 heavy (non-hydrogen) atoms. The molecule has 1 atom stereocenters. The van der Waals surface area contributed by atoms with E-state index >= 15 is 0 Å². The Balaban J connectivity index is -0.000000518. The SMILES string of the molecule is CC.CC(C)(C)c1ccc(O)cc1.CCC.CCCC.CCCCC(CC)COC(=O)c1ccc(O)cc1. The van der Waals surface area contributed by atoms with Gasteiger partial charge in [-0.3, -0.25) is 0 Å². The summed E-state index contributed by atoms with van der Waals surface area (Å²) in [4.78, 5) is 11.7. The maximum Gasteiger partial charge on any atom is 0.338 e. The number of benzene rings is 2. The maximum absolute atomic E-state index is 11.7. The van der Waals surface area contributed by atoms with Gasteiger partial charge >= 0.3 is 5.97 Å². The highest BCUT2D eigenvalue weighted by Crippen LogP contribution is 2.23. The first-order valence-electron chi connectivity index (χ1n) is 14.8. The number of phenols is 2. The van der Waals surface area contributed by atoms with Gasteiger partial charge < -0.3 is 14.9 Å². The van der Waals surface area contributed by atoms with Crippen molar-refractivity contribution in [3.63, 3.8) is 0 Å². The number of aromatic hydroxyl groups is 2. The number of hydrogen-bond acceptors (Lipinski definition) is 4. The molecule has 220 valence electrons. The van der Waals surface area contributed by atoms with Crippen molar-refractivity contribution in [2.45, 2.75) is 127 Å². The van der Waals surface area contributed by atoms with Crippen molar-refractivity contribution in [2.24, 2.45) is 5.92 Å². The number of hydrogen-bond donors (Lipinski definition) is 2. The first-order valence-corrected chi connectivity index (χ1v) is 14.8. The number of esters is 1. The van der Waals surface area contributed by atoms with Gasteiger partial charge in [0.25, 0.3) is 0 Å². The third-order valence-electron chi connectivity index (χ3n) is 5.33. The van der Waals surface area contributed by atoms with Gasteiger partial charge in [-0.05, 0) is 59.7 Å². The molecule has 0 saturated carbocycles. The number of ether oxygens (including phenoxy) is 1. The molecule has 4 heteroatoms. The second-order valence-electron chi connectivity index (χ2n) is 10.1. The summed E-state index contributed by atoms with van der Waals surface area (Å²) in [5, 5.41) is 18.2. The summed E-state index contributed by atoms with van der Waals surface area (Å²) in [5.41, 5.74) is 1.90. The summed E-state index contributed by atoms with van der Waals surface area (Å²) >= 11 is 0. The summed E-state index contributed by atoms with van der Waals surface area (Å²) < 4.78 is 5.30. The van der Waals surface area contributed by atoms with E-state index in [4.69, 9.17) is 14.9 Å². The molecule has 0 bridgehead atoms. The average Bonchev–Trinajstić information content (AvgIpc) is 2.91. The second kappa shape index (κ2) is 26.1. The van der Waals surface area contributed by atoms with Gasteiger partial charge in [0.1, 0.15) is 11.5 Å². The van der Waals surface area contributed by atoms with Crippen LogP contribution < -0.4 is 0 Å². The van der Waals surface area contributed by atoms with Crippen LogP contribution in [0.25, 0.3) is 0 Å². The molecule has 1 unspecified atom stereocenters. The molecule has 2 aromatic carbocycles. The highest BCUT2D eigenvalue weighted by atomic mass is 16.5. The molecule has 0 heterocycles. The highest BCUT2D eigenvalue weighted by molar-refractivity contribution is 5.89. The van der Waals surface area contributed by atoms with E-state index < -0.39 is 0 Å². The molecular formula is C34H60O4. The molecule has 0 aliphatic heterocycles. The summed E-state index contributed by atoms with van der Waals surface area (Å²) in [5.74, 6) is 0.620. The van der Waals surface area contributed by atoms with Gasteiger partial charge in [-0.25, -0.2) is 4.79 Å². The minimum absolute atomic E-state index is 0.154. The lowest BCUT2D eigenvalue weighted by Gasteiger charge is -2.18. The van der Waals surface area contributed by atoms with Crippen molar-refractivity contribution in [3.8, 4) is 11.5 Å². The molecule has 0 spiro atoms. The van der Waals surface area contributed by atoms with Crippen LogP contribution in [-0.4, -0.2) is 22.8 Å². The molecule has 0 saturated heterocycles. The summed E-state index contributed by atoms with van der Waals surface area (Å²) in [6.45, 7) is 23.8. The molecule has 2 aromatic rings. The van der Waals surface area contributed by atoms with Gasteiger partial charge in [0.05, 0.1) is 12.2 Å². The molecule has 0 radical (unpaired) electrons. The summed E-state index contributed by atoms with van der Waals surface area (Å²) in [7, 11) is 0. The normalized spacial score (nSPS) is 10.5. The van der Waals surface area contributed by atoms with E-state index in [0.717, 1.165) is 12.8 Å². The minimum Gasteiger partial charge on any atom is -0.508 e. The van der Waals surface area contributed by atoms with Crippen molar-refractivity contribution in [2.75, 3.05) is 6.61 Å².